The Morgan fingerprint density at radius 1 is 1.43 bits per heavy atom. The van der Waals surface area contributed by atoms with Crippen LogP contribution in [0.2, 0.25) is 5.15 Å². The SMILES string of the molecule is CCc1[nH]c(C(=O)N[C@@H]2CCN(c3ccc(C(=O)OC)s3)C[C@@H]2OC)nc1Cl. The van der Waals surface area contributed by atoms with Gasteiger partial charge in [0.05, 0.1) is 30.0 Å². The second-order valence-electron chi connectivity index (χ2n) is 6.43. The maximum absolute atomic E-state index is 12.5. The summed E-state index contributed by atoms with van der Waals surface area (Å²) in [5.41, 5.74) is 0.740. The predicted octanol–water partition coefficient (Wildman–Crippen LogP) is 2.50. The lowest BCUT2D eigenvalue weighted by atomic mass is 10.0. The van der Waals surface area contributed by atoms with Crippen LogP contribution in [0.5, 0.6) is 0 Å². The lowest BCUT2D eigenvalue weighted by molar-refractivity contribution is 0.0539. The molecule has 2 atom stereocenters. The minimum absolute atomic E-state index is 0.150. The number of thiophene rings is 1. The summed E-state index contributed by atoms with van der Waals surface area (Å²) in [4.78, 5) is 34.0. The summed E-state index contributed by atoms with van der Waals surface area (Å²) in [5, 5.41) is 4.29. The number of H-pyrrole nitrogens is 1. The van der Waals surface area contributed by atoms with Gasteiger partial charge in [0.1, 0.15) is 4.88 Å². The normalized spacial score (nSPS) is 19.5. The summed E-state index contributed by atoms with van der Waals surface area (Å²) in [6.45, 7) is 3.26. The number of halogens is 1. The van der Waals surface area contributed by atoms with E-state index in [0.717, 1.165) is 17.2 Å². The molecule has 1 amide bonds. The van der Waals surface area contributed by atoms with E-state index in [1.165, 1.54) is 18.4 Å². The number of amides is 1. The van der Waals surface area contributed by atoms with Gasteiger partial charge >= 0.3 is 5.97 Å². The molecule has 2 aromatic rings. The van der Waals surface area contributed by atoms with Crippen LogP contribution in [0.4, 0.5) is 5.00 Å². The number of methoxy groups -OCH3 is 2. The Kier molecular flexibility index (Phi) is 6.58. The van der Waals surface area contributed by atoms with Gasteiger partial charge in [-0.3, -0.25) is 4.79 Å². The standard InChI is InChI=1S/C18H23ClN4O4S/c1-4-10-15(19)22-16(20-10)17(24)21-11-7-8-23(9-12(11)26-2)14-6-5-13(28-14)18(25)27-3/h5-6,11-12H,4,7-9H2,1-3H3,(H,20,22)(H,21,24)/t11-,12+/m1/s1. The van der Waals surface area contributed by atoms with Crippen LogP contribution in [0.15, 0.2) is 12.1 Å². The largest absolute Gasteiger partial charge is 0.465 e. The van der Waals surface area contributed by atoms with Crippen LogP contribution in [0.3, 0.4) is 0 Å². The molecule has 1 fully saturated rings. The average molecular weight is 427 g/mol. The molecule has 0 bridgehead atoms. The van der Waals surface area contributed by atoms with Crippen molar-refractivity contribution in [3.63, 3.8) is 0 Å². The van der Waals surface area contributed by atoms with Crippen LogP contribution in [0, 0.1) is 0 Å². The molecular weight excluding hydrogens is 404 g/mol. The molecule has 152 valence electrons. The lowest BCUT2D eigenvalue weighted by Crippen LogP contribution is -2.55. The van der Waals surface area contributed by atoms with Crippen molar-refractivity contribution in [1.82, 2.24) is 15.3 Å². The molecule has 0 aromatic carbocycles. The van der Waals surface area contributed by atoms with Crippen LogP contribution < -0.4 is 10.2 Å². The molecule has 0 saturated carbocycles. The van der Waals surface area contributed by atoms with Crippen LogP contribution in [-0.2, 0) is 15.9 Å². The number of hydrogen-bond acceptors (Lipinski definition) is 7. The van der Waals surface area contributed by atoms with E-state index in [1.807, 2.05) is 13.0 Å². The minimum Gasteiger partial charge on any atom is -0.465 e. The van der Waals surface area contributed by atoms with E-state index in [2.05, 4.69) is 20.2 Å². The molecule has 8 nitrogen and oxygen atoms in total. The Bertz CT molecular complexity index is 853. The van der Waals surface area contributed by atoms with Gasteiger partial charge in [0.2, 0.25) is 0 Å². The van der Waals surface area contributed by atoms with Crippen molar-refractivity contribution in [2.75, 3.05) is 32.2 Å². The number of aryl methyl sites for hydroxylation is 1. The number of piperidine rings is 1. The second-order valence-corrected chi connectivity index (χ2v) is 7.85. The summed E-state index contributed by atoms with van der Waals surface area (Å²) >= 11 is 7.41. The Morgan fingerprint density at radius 2 is 2.21 bits per heavy atom. The summed E-state index contributed by atoms with van der Waals surface area (Å²) < 4.78 is 10.4. The Balaban J connectivity index is 1.64. The highest BCUT2D eigenvalue weighted by molar-refractivity contribution is 7.17. The van der Waals surface area contributed by atoms with Gasteiger partial charge in [0, 0.05) is 20.2 Å². The summed E-state index contributed by atoms with van der Waals surface area (Å²) in [6, 6.07) is 3.51. The Hall–Kier alpha value is -2.10. The number of hydrogen-bond donors (Lipinski definition) is 2. The van der Waals surface area contributed by atoms with Gasteiger partial charge in [-0.1, -0.05) is 18.5 Å². The quantitative estimate of drug-likeness (QED) is 0.689. The number of nitrogens with one attached hydrogen (secondary N) is 2. The van der Waals surface area contributed by atoms with Crippen LogP contribution >= 0.6 is 22.9 Å². The average Bonchev–Trinajstić information content (AvgIpc) is 3.34. The van der Waals surface area contributed by atoms with Crippen molar-refractivity contribution in [3.05, 3.63) is 33.7 Å². The van der Waals surface area contributed by atoms with Crippen LogP contribution in [0.1, 0.15) is 39.3 Å². The van der Waals surface area contributed by atoms with E-state index >= 15 is 0 Å². The van der Waals surface area contributed by atoms with Crippen LogP contribution in [-0.4, -0.2) is 61.3 Å². The van der Waals surface area contributed by atoms with Crippen molar-refractivity contribution in [2.45, 2.75) is 31.9 Å². The smallest absolute Gasteiger partial charge is 0.348 e. The molecular formula is C18H23ClN4O4S. The zero-order chi connectivity index (χ0) is 20.3. The van der Waals surface area contributed by atoms with Gasteiger partial charge in [0.15, 0.2) is 11.0 Å². The summed E-state index contributed by atoms with van der Waals surface area (Å²) in [7, 11) is 2.99. The Labute approximate surface area is 172 Å². The Morgan fingerprint density at radius 3 is 2.86 bits per heavy atom. The van der Waals surface area contributed by atoms with E-state index in [0.29, 0.717) is 29.4 Å². The van der Waals surface area contributed by atoms with E-state index in [9.17, 15) is 9.59 Å². The number of esters is 1. The van der Waals surface area contributed by atoms with E-state index < -0.39 is 0 Å². The molecule has 1 aliphatic rings. The fraction of sp³-hybridized carbons (Fsp3) is 0.500. The van der Waals surface area contributed by atoms with E-state index in [1.54, 1.807) is 13.2 Å². The third-order valence-electron chi connectivity index (χ3n) is 4.77. The first-order valence-electron chi connectivity index (χ1n) is 8.97. The number of aromatic nitrogens is 2. The first kappa shape index (κ1) is 20.6. The number of aromatic amines is 1. The van der Waals surface area contributed by atoms with E-state index in [4.69, 9.17) is 21.1 Å². The molecule has 0 unspecified atom stereocenters. The van der Waals surface area contributed by atoms with Gasteiger partial charge < -0.3 is 24.7 Å². The number of rotatable bonds is 6. The molecule has 0 radical (unpaired) electrons. The van der Waals surface area contributed by atoms with Gasteiger partial charge in [-0.2, -0.15) is 0 Å². The second kappa shape index (κ2) is 8.93. The lowest BCUT2D eigenvalue weighted by Gasteiger charge is -2.38. The van der Waals surface area contributed by atoms with Crippen molar-refractivity contribution >= 4 is 39.8 Å². The highest BCUT2D eigenvalue weighted by atomic mass is 35.5. The summed E-state index contributed by atoms with van der Waals surface area (Å²) in [6.07, 6.45) is 1.18. The van der Waals surface area contributed by atoms with Crippen LogP contribution in [0.25, 0.3) is 0 Å². The molecule has 2 N–H and O–H groups in total. The number of imidazole rings is 1. The van der Waals surface area contributed by atoms with Gasteiger partial charge in [-0.25, -0.2) is 9.78 Å². The topological polar surface area (TPSA) is 96.6 Å². The zero-order valence-electron chi connectivity index (χ0n) is 16.0. The number of carbonyl (C=O) groups excluding carboxylic acids is 2. The van der Waals surface area contributed by atoms with Crippen molar-refractivity contribution in [1.29, 1.82) is 0 Å². The highest BCUT2D eigenvalue weighted by Gasteiger charge is 2.32. The van der Waals surface area contributed by atoms with Crippen molar-refractivity contribution in [2.24, 2.45) is 0 Å². The monoisotopic (exact) mass is 426 g/mol. The zero-order valence-corrected chi connectivity index (χ0v) is 17.5. The summed E-state index contributed by atoms with van der Waals surface area (Å²) in [5.74, 6) is -0.434. The third kappa shape index (κ3) is 4.31. The fourth-order valence-electron chi connectivity index (χ4n) is 3.20. The molecule has 3 rings (SSSR count). The first-order valence-corrected chi connectivity index (χ1v) is 10.2. The molecule has 28 heavy (non-hydrogen) atoms. The molecule has 1 saturated heterocycles. The van der Waals surface area contributed by atoms with Crippen molar-refractivity contribution < 1.29 is 19.1 Å². The maximum Gasteiger partial charge on any atom is 0.348 e. The van der Waals surface area contributed by atoms with Gasteiger partial charge in [-0.05, 0) is 25.0 Å². The minimum atomic E-state index is -0.342. The number of ether oxygens (including phenoxy) is 2. The van der Waals surface area contributed by atoms with Crippen molar-refractivity contribution in [3.8, 4) is 0 Å². The number of nitrogens with zero attached hydrogens (tertiary/aromatic N) is 2. The predicted molar refractivity (Wildman–Crippen MR) is 108 cm³/mol. The third-order valence-corrected chi connectivity index (χ3v) is 6.20. The number of carbonyl (C=O) groups is 2. The molecule has 1 aliphatic heterocycles. The fourth-order valence-corrected chi connectivity index (χ4v) is 4.42. The molecule has 0 aliphatic carbocycles. The highest BCUT2D eigenvalue weighted by Crippen LogP contribution is 2.29. The molecule has 3 heterocycles. The molecule has 2 aromatic heterocycles. The van der Waals surface area contributed by atoms with Gasteiger partial charge in [0.25, 0.3) is 5.91 Å². The van der Waals surface area contributed by atoms with E-state index in [-0.39, 0.29) is 29.8 Å². The maximum atomic E-state index is 12.5. The molecule has 10 heteroatoms. The first-order chi connectivity index (χ1) is 13.5. The number of anilines is 1. The molecule has 0 spiro atoms. The van der Waals surface area contributed by atoms with Gasteiger partial charge in [-0.15, -0.1) is 11.3 Å².